The van der Waals surface area contributed by atoms with Gasteiger partial charge in [0.1, 0.15) is 0 Å². The maximum atomic E-state index is 4.19. The number of hydrogen-bond donors (Lipinski definition) is 0. The van der Waals surface area contributed by atoms with Crippen LogP contribution < -0.4 is 0 Å². The second-order valence-electron chi connectivity index (χ2n) is 3.77. The van der Waals surface area contributed by atoms with Crippen LogP contribution in [0.25, 0.3) is 0 Å². The van der Waals surface area contributed by atoms with Crippen molar-refractivity contribution < 1.29 is 0 Å². The van der Waals surface area contributed by atoms with E-state index in [1.807, 2.05) is 0 Å². The van der Waals surface area contributed by atoms with E-state index in [1.165, 1.54) is 27.8 Å². The topological polar surface area (TPSA) is 24.7 Å². The van der Waals surface area contributed by atoms with E-state index in [0.717, 1.165) is 5.69 Å². The lowest BCUT2D eigenvalue weighted by Gasteiger charge is -2.14. The van der Waals surface area contributed by atoms with Crippen molar-refractivity contribution in [2.75, 3.05) is 7.05 Å². The number of rotatable bonds is 1. The maximum absolute atomic E-state index is 4.19. The second-order valence-corrected chi connectivity index (χ2v) is 3.77. The summed E-state index contributed by atoms with van der Waals surface area (Å²) in [4.78, 5) is 0. The Hall–Kier alpha value is -1.18. The van der Waals surface area contributed by atoms with Crippen molar-refractivity contribution in [3.8, 4) is 0 Å². The molecule has 0 amide bonds. The summed E-state index contributed by atoms with van der Waals surface area (Å²) in [5, 5.41) is 8.06. The van der Waals surface area contributed by atoms with Crippen molar-refractivity contribution in [2.45, 2.75) is 34.6 Å². The Morgan fingerprint density at radius 3 is 1.36 bits per heavy atom. The van der Waals surface area contributed by atoms with Gasteiger partial charge < -0.3 is 0 Å². The first kappa shape index (κ1) is 10.9. The molecule has 2 nitrogen and oxygen atoms in total. The Labute approximate surface area is 86.1 Å². The standard InChI is InChI=1S/C12H18N2/c1-7-8(2)10(4)12(14-13-6)11(5)9(7)3/h1-6H3. The lowest BCUT2D eigenvalue weighted by Crippen LogP contribution is -1.95. The zero-order valence-corrected chi connectivity index (χ0v) is 9.89. The summed E-state index contributed by atoms with van der Waals surface area (Å²) in [5.74, 6) is 0. The van der Waals surface area contributed by atoms with Crippen LogP contribution in [-0.4, -0.2) is 7.05 Å². The molecule has 0 bridgehead atoms. The molecule has 0 aliphatic heterocycles. The first-order valence-corrected chi connectivity index (χ1v) is 4.87. The zero-order chi connectivity index (χ0) is 10.9. The first-order chi connectivity index (χ1) is 6.50. The molecule has 0 N–H and O–H groups in total. The molecule has 0 heterocycles. The van der Waals surface area contributed by atoms with Crippen LogP contribution in [-0.2, 0) is 0 Å². The van der Waals surface area contributed by atoms with Crippen LogP contribution in [0, 0.1) is 34.6 Å². The van der Waals surface area contributed by atoms with Gasteiger partial charge in [-0.25, -0.2) is 0 Å². The van der Waals surface area contributed by atoms with Gasteiger partial charge in [-0.3, -0.25) is 0 Å². The van der Waals surface area contributed by atoms with Crippen LogP contribution in [0.15, 0.2) is 10.2 Å². The van der Waals surface area contributed by atoms with Crippen LogP contribution in [0.5, 0.6) is 0 Å². The molecule has 1 aromatic rings. The third kappa shape index (κ3) is 1.57. The van der Waals surface area contributed by atoms with Gasteiger partial charge in [0.2, 0.25) is 0 Å². The molecular formula is C12H18N2. The van der Waals surface area contributed by atoms with Crippen molar-refractivity contribution in [3.63, 3.8) is 0 Å². The number of benzene rings is 1. The van der Waals surface area contributed by atoms with Crippen LogP contribution in [0.1, 0.15) is 27.8 Å². The molecular weight excluding hydrogens is 172 g/mol. The highest BCUT2D eigenvalue weighted by Gasteiger charge is 2.11. The molecule has 1 aromatic carbocycles. The minimum absolute atomic E-state index is 1.04. The molecule has 2 heteroatoms. The van der Waals surface area contributed by atoms with E-state index in [-0.39, 0.29) is 0 Å². The smallest absolute Gasteiger partial charge is 0.0916 e. The predicted molar refractivity (Wildman–Crippen MR) is 60.6 cm³/mol. The van der Waals surface area contributed by atoms with Crippen molar-refractivity contribution in [2.24, 2.45) is 10.2 Å². The van der Waals surface area contributed by atoms with Crippen molar-refractivity contribution >= 4 is 5.69 Å². The minimum Gasteiger partial charge on any atom is -0.192 e. The molecule has 0 atom stereocenters. The fraction of sp³-hybridized carbons (Fsp3) is 0.500. The molecule has 0 spiro atoms. The third-order valence-electron chi connectivity index (χ3n) is 3.16. The van der Waals surface area contributed by atoms with E-state index in [1.54, 1.807) is 7.05 Å². The minimum atomic E-state index is 1.04. The van der Waals surface area contributed by atoms with Gasteiger partial charge in [-0.05, 0) is 62.4 Å². The molecule has 0 saturated carbocycles. The normalized spacial score (nSPS) is 11.3. The fourth-order valence-electron chi connectivity index (χ4n) is 1.73. The van der Waals surface area contributed by atoms with Gasteiger partial charge in [0, 0.05) is 7.05 Å². The summed E-state index contributed by atoms with van der Waals surface area (Å²) in [5.41, 5.74) is 7.56. The van der Waals surface area contributed by atoms with Crippen molar-refractivity contribution in [1.29, 1.82) is 0 Å². The van der Waals surface area contributed by atoms with Gasteiger partial charge in [-0.15, -0.1) is 0 Å². The molecule has 0 fully saturated rings. The molecule has 0 aromatic heterocycles. The highest BCUT2D eigenvalue weighted by atomic mass is 15.1. The molecule has 14 heavy (non-hydrogen) atoms. The van der Waals surface area contributed by atoms with Crippen molar-refractivity contribution in [1.82, 2.24) is 0 Å². The highest BCUT2D eigenvalue weighted by Crippen LogP contribution is 2.32. The van der Waals surface area contributed by atoms with Gasteiger partial charge >= 0.3 is 0 Å². The number of azo groups is 1. The Kier molecular flexibility index (Phi) is 3.04. The van der Waals surface area contributed by atoms with E-state index in [9.17, 15) is 0 Å². The molecule has 1 rings (SSSR count). The lowest BCUT2D eigenvalue weighted by atomic mass is 9.93. The number of hydrogen-bond acceptors (Lipinski definition) is 2. The molecule has 0 aliphatic rings. The molecule has 76 valence electrons. The Bertz CT molecular complexity index is 361. The van der Waals surface area contributed by atoms with E-state index in [2.05, 4.69) is 44.8 Å². The SMILES string of the molecule is CN=Nc1c(C)c(C)c(C)c(C)c1C. The van der Waals surface area contributed by atoms with Crippen LogP contribution in [0.2, 0.25) is 0 Å². The summed E-state index contributed by atoms with van der Waals surface area (Å²) in [6, 6.07) is 0. The van der Waals surface area contributed by atoms with Crippen LogP contribution in [0.3, 0.4) is 0 Å². The van der Waals surface area contributed by atoms with Crippen molar-refractivity contribution in [3.05, 3.63) is 27.8 Å². The fourth-order valence-corrected chi connectivity index (χ4v) is 1.73. The first-order valence-electron chi connectivity index (χ1n) is 4.87. The molecule has 0 unspecified atom stereocenters. The number of nitrogens with zero attached hydrogens (tertiary/aromatic N) is 2. The Balaban J connectivity index is 3.59. The van der Waals surface area contributed by atoms with Gasteiger partial charge in [-0.2, -0.15) is 10.2 Å². The summed E-state index contributed by atoms with van der Waals surface area (Å²) in [7, 11) is 1.71. The van der Waals surface area contributed by atoms with Crippen LogP contribution in [0.4, 0.5) is 5.69 Å². The van der Waals surface area contributed by atoms with Gasteiger partial charge in [0.25, 0.3) is 0 Å². The average molecular weight is 190 g/mol. The second kappa shape index (κ2) is 3.91. The van der Waals surface area contributed by atoms with E-state index in [0.29, 0.717) is 0 Å². The summed E-state index contributed by atoms with van der Waals surface area (Å²) < 4.78 is 0. The van der Waals surface area contributed by atoms with E-state index in [4.69, 9.17) is 0 Å². The monoisotopic (exact) mass is 190 g/mol. The molecule has 0 aliphatic carbocycles. The zero-order valence-electron chi connectivity index (χ0n) is 9.89. The predicted octanol–water partition coefficient (Wildman–Crippen LogP) is 3.94. The van der Waals surface area contributed by atoms with Gasteiger partial charge in [0.05, 0.1) is 5.69 Å². The Morgan fingerprint density at radius 2 is 1.00 bits per heavy atom. The highest BCUT2D eigenvalue weighted by molar-refractivity contribution is 5.60. The average Bonchev–Trinajstić information content (AvgIpc) is 2.19. The largest absolute Gasteiger partial charge is 0.192 e. The summed E-state index contributed by atoms with van der Waals surface area (Å²) in [6.45, 7) is 10.7. The van der Waals surface area contributed by atoms with E-state index < -0.39 is 0 Å². The quantitative estimate of drug-likeness (QED) is 0.599. The van der Waals surface area contributed by atoms with E-state index >= 15 is 0 Å². The maximum Gasteiger partial charge on any atom is 0.0916 e. The molecule has 0 saturated heterocycles. The lowest BCUT2D eigenvalue weighted by molar-refractivity contribution is 1.10. The summed E-state index contributed by atoms with van der Waals surface area (Å²) >= 11 is 0. The molecule has 0 radical (unpaired) electrons. The third-order valence-corrected chi connectivity index (χ3v) is 3.16. The van der Waals surface area contributed by atoms with Gasteiger partial charge in [0.15, 0.2) is 0 Å². The summed E-state index contributed by atoms with van der Waals surface area (Å²) in [6.07, 6.45) is 0. The van der Waals surface area contributed by atoms with Crippen LogP contribution >= 0.6 is 0 Å². The van der Waals surface area contributed by atoms with Gasteiger partial charge in [-0.1, -0.05) is 0 Å². The Morgan fingerprint density at radius 1 is 0.643 bits per heavy atom.